The molecule has 3 aromatic carbocycles. The molecule has 0 heterocycles. The normalized spacial score (nSPS) is 25.6. The molecular weight excluding hydrogens is 520 g/mol. The van der Waals surface area contributed by atoms with Crippen LogP contribution in [0.1, 0.15) is 37.5 Å². The lowest BCUT2D eigenvalue weighted by atomic mass is 9.84. The molecule has 0 amide bonds. The molecule has 0 aliphatic heterocycles. The summed E-state index contributed by atoms with van der Waals surface area (Å²) in [5.41, 5.74) is 2.91. The Labute approximate surface area is 240 Å². The molecule has 1 fully saturated rings. The van der Waals surface area contributed by atoms with Gasteiger partial charge in [0.05, 0.1) is 19.8 Å². The lowest BCUT2D eigenvalue weighted by Crippen LogP contribution is -2.68. The van der Waals surface area contributed by atoms with Crippen LogP contribution in [0.2, 0.25) is 18.1 Å². The quantitative estimate of drug-likeness (QED) is 0.284. The van der Waals surface area contributed by atoms with Crippen LogP contribution < -0.4 is 0 Å². The maximum atomic E-state index is 11.7. The fourth-order valence-corrected chi connectivity index (χ4v) is 5.99. The topological polar surface area (TPSA) is 77.4 Å². The average molecular weight is 565 g/mol. The number of rotatable bonds is 11. The van der Waals surface area contributed by atoms with Gasteiger partial charge in [-0.15, -0.1) is 0 Å². The summed E-state index contributed by atoms with van der Waals surface area (Å²) in [5.74, 6) is 0. The molecule has 4 rings (SSSR count). The van der Waals surface area contributed by atoms with Crippen LogP contribution in [0.5, 0.6) is 0 Å². The van der Waals surface area contributed by atoms with E-state index in [9.17, 15) is 10.2 Å². The predicted molar refractivity (Wildman–Crippen MR) is 159 cm³/mol. The third-order valence-corrected chi connectivity index (χ3v) is 12.6. The number of hydrogen-bond acceptors (Lipinski definition) is 6. The van der Waals surface area contributed by atoms with E-state index < -0.39 is 44.9 Å². The van der Waals surface area contributed by atoms with Crippen LogP contribution in [0, 0.1) is 0 Å². The number of aliphatic hydroxyl groups excluding tert-OH is 2. The van der Waals surface area contributed by atoms with Crippen LogP contribution in [0.25, 0.3) is 0 Å². The fourth-order valence-electron chi connectivity index (χ4n) is 4.69. The molecule has 7 heteroatoms. The molecule has 1 saturated carbocycles. The second-order valence-corrected chi connectivity index (χ2v) is 16.9. The summed E-state index contributed by atoms with van der Waals surface area (Å²) in [7, 11) is -2.37. The Morgan fingerprint density at radius 2 is 0.875 bits per heavy atom. The van der Waals surface area contributed by atoms with Gasteiger partial charge in [0.25, 0.3) is 0 Å². The highest BCUT2D eigenvalue weighted by molar-refractivity contribution is 6.74. The third kappa shape index (κ3) is 7.67. The van der Waals surface area contributed by atoms with Crippen molar-refractivity contribution >= 4 is 8.32 Å². The van der Waals surface area contributed by atoms with E-state index in [2.05, 4.69) is 33.9 Å². The van der Waals surface area contributed by atoms with Gasteiger partial charge < -0.3 is 28.8 Å². The van der Waals surface area contributed by atoms with Crippen molar-refractivity contribution in [2.45, 2.75) is 95.3 Å². The summed E-state index contributed by atoms with van der Waals surface area (Å²) in [6.45, 7) is 11.6. The molecule has 1 aliphatic carbocycles. The summed E-state index contributed by atoms with van der Waals surface area (Å²) >= 11 is 0. The van der Waals surface area contributed by atoms with E-state index in [1.54, 1.807) is 0 Å². The molecule has 6 nitrogen and oxygen atoms in total. The van der Waals surface area contributed by atoms with Gasteiger partial charge in [-0.25, -0.2) is 0 Å². The lowest BCUT2D eigenvalue weighted by molar-refractivity contribution is -0.258. The van der Waals surface area contributed by atoms with Gasteiger partial charge in [0.15, 0.2) is 8.32 Å². The Morgan fingerprint density at radius 1 is 0.550 bits per heavy atom. The molecule has 0 bridgehead atoms. The summed E-state index contributed by atoms with van der Waals surface area (Å²) in [6.07, 6.45) is -5.45. The molecule has 2 N–H and O–H groups in total. The van der Waals surface area contributed by atoms with Crippen molar-refractivity contribution in [2.75, 3.05) is 0 Å². The van der Waals surface area contributed by atoms with Gasteiger partial charge in [-0.3, -0.25) is 0 Å². The van der Waals surface area contributed by atoms with Crippen molar-refractivity contribution in [3.05, 3.63) is 108 Å². The molecule has 6 atom stereocenters. The molecule has 0 aromatic heterocycles. The van der Waals surface area contributed by atoms with Crippen molar-refractivity contribution < 1.29 is 28.8 Å². The Bertz CT molecular complexity index is 1090. The minimum absolute atomic E-state index is 0.0997. The van der Waals surface area contributed by atoms with Gasteiger partial charge in [0, 0.05) is 0 Å². The summed E-state index contributed by atoms with van der Waals surface area (Å²) in [5, 5.41) is 23.3. The maximum absolute atomic E-state index is 11.7. The second-order valence-electron chi connectivity index (χ2n) is 12.1. The number of aliphatic hydroxyl groups is 2. The minimum atomic E-state index is -2.37. The first-order valence-electron chi connectivity index (χ1n) is 14.1. The van der Waals surface area contributed by atoms with Gasteiger partial charge in [0.1, 0.15) is 36.6 Å². The highest BCUT2D eigenvalue weighted by Gasteiger charge is 2.55. The van der Waals surface area contributed by atoms with Crippen LogP contribution in [-0.2, 0) is 38.5 Å². The highest BCUT2D eigenvalue weighted by atomic mass is 28.4. The minimum Gasteiger partial charge on any atom is -0.408 e. The van der Waals surface area contributed by atoms with E-state index in [4.69, 9.17) is 18.6 Å². The van der Waals surface area contributed by atoms with Crippen LogP contribution >= 0.6 is 0 Å². The Balaban J connectivity index is 1.66. The molecule has 3 aromatic rings. The van der Waals surface area contributed by atoms with Gasteiger partial charge in [-0.1, -0.05) is 112 Å². The maximum Gasteiger partial charge on any atom is 0.192 e. The number of ether oxygens (including phenoxy) is 3. The van der Waals surface area contributed by atoms with E-state index in [-0.39, 0.29) is 24.9 Å². The molecule has 1 aliphatic rings. The number of benzene rings is 3. The van der Waals surface area contributed by atoms with Crippen molar-refractivity contribution in [1.82, 2.24) is 0 Å². The van der Waals surface area contributed by atoms with Crippen LogP contribution in [0.15, 0.2) is 91.0 Å². The average Bonchev–Trinajstić information content (AvgIpc) is 2.93. The van der Waals surface area contributed by atoms with Crippen LogP contribution in [0.3, 0.4) is 0 Å². The first-order chi connectivity index (χ1) is 19.1. The summed E-state index contributed by atoms with van der Waals surface area (Å²) in [6, 6.07) is 29.4. The molecule has 0 saturated heterocycles. The Morgan fingerprint density at radius 3 is 1.20 bits per heavy atom. The van der Waals surface area contributed by atoms with Gasteiger partial charge in [-0.2, -0.15) is 0 Å². The molecule has 216 valence electrons. The van der Waals surface area contributed by atoms with Crippen LogP contribution in [0.4, 0.5) is 0 Å². The van der Waals surface area contributed by atoms with Crippen LogP contribution in [-0.4, -0.2) is 55.2 Å². The summed E-state index contributed by atoms with van der Waals surface area (Å²) in [4.78, 5) is 0. The van der Waals surface area contributed by atoms with Crippen molar-refractivity contribution in [3.8, 4) is 0 Å². The SMILES string of the molecule is CC(C)(C)[Si](C)(C)OC1[C@@H](OCc2ccccc2)[C@H](O)C(OCc2ccccc2)[C@H](O)[C@H]1OCc1ccccc1. The first-order valence-corrected chi connectivity index (χ1v) is 17.0. The van der Waals surface area contributed by atoms with Crippen molar-refractivity contribution in [1.29, 1.82) is 0 Å². The number of hydrogen-bond donors (Lipinski definition) is 2. The monoisotopic (exact) mass is 564 g/mol. The molecule has 40 heavy (non-hydrogen) atoms. The standard InChI is InChI=1S/C33H44O6Si/c1-33(2,3)40(4,5)39-32-30(37-22-25-17-11-7-12-18-25)27(34)29(36-21-24-15-9-6-10-16-24)28(35)31(32)38-23-26-19-13-8-14-20-26/h6-20,27-32,34-35H,21-23H2,1-5H3/t27-,28+,29?,30+,31-,32?. The van der Waals surface area contributed by atoms with E-state index in [0.29, 0.717) is 0 Å². The third-order valence-electron chi connectivity index (χ3n) is 8.09. The Kier molecular flexibility index (Phi) is 10.3. The van der Waals surface area contributed by atoms with E-state index in [0.717, 1.165) is 16.7 Å². The summed E-state index contributed by atoms with van der Waals surface area (Å²) < 4.78 is 26.0. The van der Waals surface area contributed by atoms with E-state index in [1.165, 1.54) is 0 Å². The largest absolute Gasteiger partial charge is 0.408 e. The second kappa shape index (κ2) is 13.5. The predicted octanol–water partition coefficient (Wildman–Crippen LogP) is 5.87. The Hall–Kier alpha value is -2.36. The molecule has 0 spiro atoms. The fraction of sp³-hybridized carbons (Fsp3) is 0.455. The van der Waals surface area contributed by atoms with Gasteiger partial charge >= 0.3 is 0 Å². The van der Waals surface area contributed by atoms with Gasteiger partial charge in [-0.05, 0) is 34.8 Å². The highest BCUT2D eigenvalue weighted by Crippen LogP contribution is 2.41. The first kappa shape index (κ1) is 30.6. The van der Waals surface area contributed by atoms with Crippen molar-refractivity contribution in [3.63, 3.8) is 0 Å². The molecule has 2 unspecified atom stereocenters. The molecular formula is C33H44O6Si. The lowest BCUT2D eigenvalue weighted by Gasteiger charge is -2.50. The van der Waals surface area contributed by atoms with Gasteiger partial charge in [0.2, 0.25) is 0 Å². The van der Waals surface area contributed by atoms with E-state index in [1.807, 2.05) is 91.0 Å². The van der Waals surface area contributed by atoms with Crippen molar-refractivity contribution in [2.24, 2.45) is 0 Å². The zero-order valence-corrected chi connectivity index (χ0v) is 25.3. The zero-order chi connectivity index (χ0) is 28.8. The smallest absolute Gasteiger partial charge is 0.192 e. The molecule has 0 radical (unpaired) electrons. The zero-order valence-electron chi connectivity index (χ0n) is 24.3. The van der Waals surface area contributed by atoms with E-state index >= 15 is 0 Å².